The van der Waals surface area contributed by atoms with Gasteiger partial charge in [0.2, 0.25) is 0 Å². The quantitative estimate of drug-likeness (QED) is 0.862. The molecular weight excluding hydrogens is 282 g/mol. The maximum absolute atomic E-state index is 12.2. The van der Waals surface area contributed by atoms with Gasteiger partial charge in [0.25, 0.3) is 5.91 Å². The molecule has 0 aliphatic rings. The highest BCUT2D eigenvalue weighted by Gasteiger charge is 2.08. The molecule has 0 heterocycles. The number of carbonyl (C=O) groups excluding carboxylic acids is 2. The van der Waals surface area contributed by atoms with E-state index in [2.05, 4.69) is 10.1 Å². The lowest BCUT2D eigenvalue weighted by molar-refractivity contribution is -0.139. The van der Waals surface area contributed by atoms with Crippen LogP contribution in [0.25, 0.3) is 0 Å². The smallest absolute Gasteiger partial charge is 0.309 e. The molecule has 114 valence electrons. The second kappa shape index (κ2) is 7.26. The van der Waals surface area contributed by atoms with Crippen LogP contribution >= 0.6 is 0 Å². The highest BCUT2D eigenvalue weighted by atomic mass is 16.5. The molecule has 0 radical (unpaired) electrons. The summed E-state index contributed by atoms with van der Waals surface area (Å²) >= 11 is 0. The first-order valence-electron chi connectivity index (χ1n) is 6.73. The van der Waals surface area contributed by atoms with E-state index in [1.807, 2.05) is 0 Å². The van der Waals surface area contributed by atoms with Crippen molar-refractivity contribution >= 4 is 17.6 Å². The van der Waals surface area contributed by atoms with Crippen LogP contribution < -0.4 is 10.1 Å². The van der Waals surface area contributed by atoms with Gasteiger partial charge in [0.1, 0.15) is 5.75 Å². The van der Waals surface area contributed by atoms with Crippen molar-refractivity contribution in [3.05, 3.63) is 59.7 Å². The van der Waals surface area contributed by atoms with Crippen molar-refractivity contribution < 1.29 is 19.1 Å². The van der Waals surface area contributed by atoms with Crippen molar-refractivity contribution in [1.29, 1.82) is 0 Å². The van der Waals surface area contributed by atoms with Gasteiger partial charge >= 0.3 is 5.97 Å². The molecule has 0 aliphatic carbocycles. The van der Waals surface area contributed by atoms with Crippen LogP contribution in [0, 0.1) is 0 Å². The van der Waals surface area contributed by atoms with Crippen LogP contribution in [-0.4, -0.2) is 26.1 Å². The van der Waals surface area contributed by atoms with Gasteiger partial charge in [-0.3, -0.25) is 9.59 Å². The predicted molar refractivity (Wildman–Crippen MR) is 83.1 cm³/mol. The maximum atomic E-state index is 12.2. The average molecular weight is 299 g/mol. The van der Waals surface area contributed by atoms with Crippen molar-refractivity contribution in [3.63, 3.8) is 0 Å². The summed E-state index contributed by atoms with van der Waals surface area (Å²) in [6.45, 7) is 0. The molecule has 0 unspecified atom stereocenters. The molecule has 22 heavy (non-hydrogen) atoms. The number of amides is 1. The van der Waals surface area contributed by atoms with E-state index in [1.54, 1.807) is 55.6 Å². The lowest BCUT2D eigenvalue weighted by Gasteiger charge is -2.07. The van der Waals surface area contributed by atoms with E-state index >= 15 is 0 Å². The monoisotopic (exact) mass is 299 g/mol. The fraction of sp³-hybridized carbons (Fsp3) is 0.176. The molecule has 0 saturated heterocycles. The zero-order valence-corrected chi connectivity index (χ0v) is 12.5. The largest absolute Gasteiger partial charge is 0.497 e. The van der Waals surface area contributed by atoms with Gasteiger partial charge in [-0.25, -0.2) is 0 Å². The molecule has 0 atom stereocenters. The molecule has 5 heteroatoms. The fourth-order valence-electron chi connectivity index (χ4n) is 1.91. The molecule has 2 aromatic rings. The topological polar surface area (TPSA) is 64.6 Å². The number of ether oxygens (including phenoxy) is 2. The second-order valence-electron chi connectivity index (χ2n) is 4.64. The summed E-state index contributed by atoms with van der Waals surface area (Å²) in [6.07, 6.45) is 0.209. The van der Waals surface area contributed by atoms with Gasteiger partial charge in [0, 0.05) is 11.3 Å². The van der Waals surface area contributed by atoms with Crippen LogP contribution in [0.3, 0.4) is 0 Å². The zero-order valence-electron chi connectivity index (χ0n) is 12.5. The summed E-state index contributed by atoms with van der Waals surface area (Å²) < 4.78 is 9.70. The summed E-state index contributed by atoms with van der Waals surface area (Å²) in [5.74, 6) is 0.105. The van der Waals surface area contributed by atoms with E-state index in [0.717, 1.165) is 5.56 Å². The highest BCUT2D eigenvalue weighted by Crippen LogP contribution is 2.15. The second-order valence-corrected chi connectivity index (χ2v) is 4.64. The molecule has 1 amide bonds. The minimum absolute atomic E-state index is 0.209. The standard InChI is InChI=1S/C17H17NO4/c1-21-15-5-3-4-13(11-15)17(20)18-14-8-6-12(7-9-14)10-16(19)22-2/h3-9,11H,10H2,1-2H3,(H,18,20). The number of carbonyl (C=O) groups is 2. The van der Waals surface area contributed by atoms with E-state index < -0.39 is 0 Å². The van der Waals surface area contributed by atoms with Gasteiger partial charge in [-0.1, -0.05) is 18.2 Å². The Labute approximate surface area is 128 Å². The fourth-order valence-corrected chi connectivity index (χ4v) is 1.91. The predicted octanol–water partition coefficient (Wildman–Crippen LogP) is 2.66. The molecule has 0 saturated carbocycles. The molecule has 0 bridgehead atoms. The molecule has 2 rings (SSSR count). The number of hydrogen-bond acceptors (Lipinski definition) is 4. The summed E-state index contributed by atoms with van der Waals surface area (Å²) in [6, 6.07) is 14.0. The van der Waals surface area contributed by atoms with Crippen molar-refractivity contribution in [2.75, 3.05) is 19.5 Å². The average Bonchev–Trinajstić information content (AvgIpc) is 2.56. The van der Waals surface area contributed by atoms with E-state index in [1.165, 1.54) is 7.11 Å². The van der Waals surface area contributed by atoms with Crippen molar-refractivity contribution in [1.82, 2.24) is 0 Å². The Hall–Kier alpha value is -2.82. The van der Waals surface area contributed by atoms with Gasteiger partial charge < -0.3 is 14.8 Å². The third-order valence-corrected chi connectivity index (χ3v) is 3.12. The minimum atomic E-state index is -0.298. The maximum Gasteiger partial charge on any atom is 0.309 e. The summed E-state index contributed by atoms with van der Waals surface area (Å²) in [4.78, 5) is 23.3. The van der Waals surface area contributed by atoms with Gasteiger partial charge in [-0.2, -0.15) is 0 Å². The normalized spacial score (nSPS) is 9.91. The Bertz CT molecular complexity index is 665. The number of methoxy groups -OCH3 is 2. The van der Waals surface area contributed by atoms with Gasteiger partial charge in [0.15, 0.2) is 0 Å². The summed E-state index contributed by atoms with van der Waals surface area (Å²) in [5.41, 5.74) is 1.99. The number of nitrogens with one attached hydrogen (secondary N) is 1. The molecule has 2 aromatic carbocycles. The third-order valence-electron chi connectivity index (χ3n) is 3.12. The first kappa shape index (κ1) is 15.6. The summed E-state index contributed by atoms with van der Waals surface area (Å²) in [7, 11) is 2.90. The van der Waals surface area contributed by atoms with Crippen LogP contribution in [0.2, 0.25) is 0 Å². The Morgan fingerprint density at radius 1 is 1.05 bits per heavy atom. The van der Waals surface area contributed by atoms with Crippen molar-refractivity contribution in [3.8, 4) is 5.75 Å². The molecule has 5 nitrogen and oxygen atoms in total. The van der Waals surface area contributed by atoms with Crippen LogP contribution in [-0.2, 0) is 16.0 Å². The van der Waals surface area contributed by atoms with Gasteiger partial charge in [-0.15, -0.1) is 0 Å². The number of esters is 1. The molecule has 1 N–H and O–H groups in total. The molecule has 0 aliphatic heterocycles. The SMILES string of the molecule is COC(=O)Cc1ccc(NC(=O)c2cccc(OC)c2)cc1. The van der Waals surface area contributed by atoms with Crippen LogP contribution in [0.5, 0.6) is 5.75 Å². The molecular formula is C17H17NO4. The molecule has 0 spiro atoms. The lowest BCUT2D eigenvalue weighted by atomic mass is 10.1. The third kappa shape index (κ3) is 4.09. The number of benzene rings is 2. The van der Waals surface area contributed by atoms with Crippen LogP contribution in [0.1, 0.15) is 15.9 Å². The van der Waals surface area contributed by atoms with Crippen LogP contribution in [0.4, 0.5) is 5.69 Å². The van der Waals surface area contributed by atoms with Gasteiger partial charge in [-0.05, 0) is 35.9 Å². The number of anilines is 1. The van der Waals surface area contributed by atoms with E-state index in [0.29, 0.717) is 17.0 Å². The van der Waals surface area contributed by atoms with Crippen LogP contribution in [0.15, 0.2) is 48.5 Å². The van der Waals surface area contributed by atoms with E-state index in [9.17, 15) is 9.59 Å². The number of hydrogen-bond donors (Lipinski definition) is 1. The summed E-state index contributed by atoms with van der Waals surface area (Å²) in [5, 5.41) is 2.79. The molecule has 0 fully saturated rings. The molecule has 0 aromatic heterocycles. The van der Waals surface area contributed by atoms with E-state index in [4.69, 9.17) is 4.74 Å². The Balaban J connectivity index is 2.03. The van der Waals surface area contributed by atoms with E-state index in [-0.39, 0.29) is 18.3 Å². The number of rotatable bonds is 5. The first-order chi connectivity index (χ1) is 10.6. The Morgan fingerprint density at radius 2 is 1.77 bits per heavy atom. The first-order valence-corrected chi connectivity index (χ1v) is 6.73. The zero-order chi connectivity index (χ0) is 15.9. The highest BCUT2D eigenvalue weighted by molar-refractivity contribution is 6.04. The lowest BCUT2D eigenvalue weighted by Crippen LogP contribution is -2.12. The van der Waals surface area contributed by atoms with Crippen molar-refractivity contribution in [2.24, 2.45) is 0 Å². The van der Waals surface area contributed by atoms with Gasteiger partial charge in [0.05, 0.1) is 20.6 Å². The Morgan fingerprint density at radius 3 is 2.41 bits per heavy atom. The van der Waals surface area contributed by atoms with Crippen molar-refractivity contribution in [2.45, 2.75) is 6.42 Å². The minimum Gasteiger partial charge on any atom is -0.497 e. The Kier molecular flexibility index (Phi) is 5.14.